The normalized spacial score (nSPS) is 10.9. The summed E-state index contributed by atoms with van der Waals surface area (Å²) in [7, 11) is 1.32. The van der Waals surface area contributed by atoms with Crippen molar-refractivity contribution in [3.63, 3.8) is 0 Å². The summed E-state index contributed by atoms with van der Waals surface area (Å²) < 4.78 is 47.9. The molecular formula is C16H13F3N2O5. The Labute approximate surface area is 145 Å². The number of benzene rings is 2. The molecule has 0 spiro atoms. The Morgan fingerprint density at radius 2 is 1.96 bits per heavy atom. The number of nitro groups is 1. The van der Waals surface area contributed by atoms with Crippen LogP contribution < -0.4 is 14.8 Å². The van der Waals surface area contributed by atoms with Gasteiger partial charge in [0.25, 0.3) is 11.6 Å². The SMILES string of the molecule is COc1ccc([N+](=O)[O-])cc1NC(=O)COc1cccc(C(F)(F)F)c1. The van der Waals surface area contributed by atoms with Gasteiger partial charge >= 0.3 is 6.18 Å². The Morgan fingerprint density at radius 3 is 2.58 bits per heavy atom. The van der Waals surface area contributed by atoms with Crippen LogP contribution in [-0.4, -0.2) is 24.5 Å². The van der Waals surface area contributed by atoms with E-state index in [1.165, 1.54) is 25.3 Å². The smallest absolute Gasteiger partial charge is 0.416 e. The van der Waals surface area contributed by atoms with E-state index in [0.717, 1.165) is 24.3 Å². The van der Waals surface area contributed by atoms with Crippen LogP contribution in [0.4, 0.5) is 24.5 Å². The summed E-state index contributed by atoms with van der Waals surface area (Å²) in [6.07, 6.45) is -4.53. The second-order valence-corrected chi connectivity index (χ2v) is 5.00. The van der Waals surface area contributed by atoms with Crippen molar-refractivity contribution < 1.29 is 32.4 Å². The number of rotatable bonds is 6. The lowest BCUT2D eigenvalue weighted by Crippen LogP contribution is -2.20. The third kappa shape index (κ3) is 4.85. The summed E-state index contributed by atoms with van der Waals surface area (Å²) in [5, 5.41) is 13.2. The zero-order valence-corrected chi connectivity index (χ0v) is 13.4. The van der Waals surface area contributed by atoms with Gasteiger partial charge in [-0.05, 0) is 24.3 Å². The van der Waals surface area contributed by atoms with Gasteiger partial charge in [-0.2, -0.15) is 13.2 Å². The molecule has 10 heteroatoms. The quantitative estimate of drug-likeness (QED) is 0.619. The molecule has 0 atom stereocenters. The highest BCUT2D eigenvalue weighted by atomic mass is 19.4. The lowest BCUT2D eigenvalue weighted by atomic mass is 10.2. The number of hydrogen-bond acceptors (Lipinski definition) is 5. The first-order chi connectivity index (χ1) is 12.2. The minimum Gasteiger partial charge on any atom is -0.495 e. The summed E-state index contributed by atoms with van der Waals surface area (Å²) >= 11 is 0. The minimum absolute atomic E-state index is 0.0411. The molecule has 1 amide bonds. The van der Waals surface area contributed by atoms with Gasteiger partial charge in [-0.3, -0.25) is 14.9 Å². The van der Waals surface area contributed by atoms with Gasteiger partial charge in [-0.15, -0.1) is 0 Å². The number of halogens is 3. The Kier molecular flexibility index (Phi) is 5.65. The summed E-state index contributed by atoms with van der Waals surface area (Å²) in [6.45, 7) is -0.590. The van der Waals surface area contributed by atoms with Crippen LogP contribution in [0.15, 0.2) is 42.5 Å². The summed E-state index contributed by atoms with van der Waals surface area (Å²) in [6, 6.07) is 7.67. The molecule has 0 aliphatic rings. The molecule has 0 aromatic heterocycles. The first kappa shape index (κ1) is 19.0. The second kappa shape index (κ2) is 7.72. The fourth-order valence-electron chi connectivity index (χ4n) is 2.00. The molecule has 7 nitrogen and oxygen atoms in total. The number of carbonyl (C=O) groups is 1. The van der Waals surface area contributed by atoms with Crippen LogP contribution in [0.1, 0.15) is 5.56 Å². The Balaban J connectivity index is 2.06. The monoisotopic (exact) mass is 370 g/mol. The summed E-state index contributed by atoms with van der Waals surface area (Å²) in [4.78, 5) is 22.1. The van der Waals surface area contributed by atoms with Crippen LogP contribution >= 0.6 is 0 Å². The van der Waals surface area contributed by atoms with E-state index in [9.17, 15) is 28.1 Å². The van der Waals surface area contributed by atoms with Crippen LogP contribution in [0.5, 0.6) is 11.5 Å². The molecule has 0 heterocycles. The number of ether oxygens (including phenoxy) is 2. The number of nitrogens with zero attached hydrogens (tertiary/aromatic N) is 1. The molecule has 0 bridgehead atoms. The van der Waals surface area contributed by atoms with Crippen molar-refractivity contribution in [1.29, 1.82) is 0 Å². The van der Waals surface area contributed by atoms with E-state index in [1.54, 1.807) is 0 Å². The zero-order chi connectivity index (χ0) is 19.3. The predicted octanol–water partition coefficient (Wildman–Crippen LogP) is 3.64. The van der Waals surface area contributed by atoms with Crippen molar-refractivity contribution in [3.05, 3.63) is 58.1 Å². The second-order valence-electron chi connectivity index (χ2n) is 5.00. The van der Waals surface area contributed by atoms with Gasteiger partial charge < -0.3 is 14.8 Å². The molecule has 2 rings (SSSR count). The van der Waals surface area contributed by atoms with E-state index >= 15 is 0 Å². The molecule has 0 aliphatic carbocycles. The standard InChI is InChI=1S/C16H13F3N2O5/c1-25-14-6-5-11(21(23)24)8-13(14)20-15(22)9-26-12-4-2-3-10(7-12)16(17,18)19/h2-8H,9H2,1H3,(H,20,22). The van der Waals surface area contributed by atoms with Crippen molar-refractivity contribution in [1.82, 2.24) is 0 Å². The highest BCUT2D eigenvalue weighted by molar-refractivity contribution is 5.93. The first-order valence-corrected chi connectivity index (χ1v) is 7.13. The van der Waals surface area contributed by atoms with Gasteiger partial charge in [-0.1, -0.05) is 6.07 Å². The van der Waals surface area contributed by atoms with E-state index in [2.05, 4.69) is 5.32 Å². The van der Waals surface area contributed by atoms with Crippen LogP contribution in [0.2, 0.25) is 0 Å². The van der Waals surface area contributed by atoms with Gasteiger partial charge in [0.15, 0.2) is 6.61 Å². The molecule has 2 aromatic rings. The molecule has 2 aromatic carbocycles. The highest BCUT2D eigenvalue weighted by Crippen LogP contribution is 2.31. The molecule has 26 heavy (non-hydrogen) atoms. The maximum absolute atomic E-state index is 12.6. The lowest BCUT2D eigenvalue weighted by Gasteiger charge is -2.12. The molecule has 0 radical (unpaired) electrons. The van der Waals surface area contributed by atoms with Crippen molar-refractivity contribution in [2.75, 3.05) is 19.0 Å². The maximum atomic E-state index is 12.6. The van der Waals surface area contributed by atoms with E-state index in [0.29, 0.717) is 0 Å². The molecule has 0 saturated carbocycles. The van der Waals surface area contributed by atoms with Crippen LogP contribution in [-0.2, 0) is 11.0 Å². The number of anilines is 1. The Morgan fingerprint density at radius 1 is 1.23 bits per heavy atom. The van der Waals surface area contributed by atoms with Gasteiger partial charge in [0.05, 0.1) is 23.3 Å². The zero-order valence-electron chi connectivity index (χ0n) is 13.4. The van der Waals surface area contributed by atoms with E-state index in [4.69, 9.17) is 9.47 Å². The first-order valence-electron chi connectivity index (χ1n) is 7.13. The predicted molar refractivity (Wildman–Crippen MR) is 85.2 cm³/mol. The number of carbonyl (C=O) groups excluding carboxylic acids is 1. The van der Waals surface area contributed by atoms with Crippen molar-refractivity contribution in [3.8, 4) is 11.5 Å². The van der Waals surface area contributed by atoms with Crippen molar-refractivity contribution in [2.45, 2.75) is 6.18 Å². The van der Waals surface area contributed by atoms with Crippen molar-refractivity contribution in [2.24, 2.45) is 0 Å². The molecule has 0 unspecified atom stereocenters. The Bertz CT molecular complexity index is 824. The number of non-ortho nitro benzene ring substituents is 1. The highest BCUT2D eigenvalue weighted by Gasteiger charge is 2.30. The van der Waals surface area contributed by atoms with E-state index < -0.39 is 29.2 Å². The number of nitro benzene ring substituents is 1. The summed E-state index contributed by atoms with van der Waals surface area (Å²) in [5.41, 5.74) is -1.13. The van der Waals surface area contributed by atoms with Crippen LogP contribution in [0.25, 0.3) is 0 Å². The number of amides is 1. The lowest BCUT2D eigenvalue weighted by molar-refractivity contribution is -0.384. The fourth-order valence-corrected chi connectivity index (χ4v) is 2.00. The maximum Gasteiger partial charge on any atom is 0.416 e. The van der Waals surface area contributed by atoms with E-state index in [1.807, 2.05) is 0 Å². The molecule has 138 valence electrons. The van der Waals surface area contributed by atoms with Gasteiger partial charge in [0.1, 0.15) is 11.5 Å². The number of methoxy groups -OCH3 is 1. The van der Waals surface area contributed by atoms with Crippen molar-refractivity contribution >= 4 is 17.3 Å². The molecule has 1 N–H and O–H groups in total. The number of nitrogens with one attached hydrogen (secondary N) is 1. The van der Waals surface area contributed by atoms with Gasteiger partial charge in [0.2, 0.25) is 0 Å². The topological polar surface area (TPSA) is 90.7 Å². The van der Waals surface area contributed by atoms with Gasteiger partial charge in [-0.25, -0.2) is 0 Å². The molecule has 0 aliphatic heterocycles. The third-order valence-electron chi connectivity index (χ3n) is 3.20. The number of hydrogen-bond donors (Lipinski definition) is 1. The van der Waals surface area contributed by atoms with Crippen LogP contribution in [0, 0.1) is 10.1 Å². The minimum atomic E-state index is -4.53. The average molecular weight is 370 g/mol. The molecular weight excluding hydrogens is 357 g/mol. The van der Waals surface area contributed by atoms with Crippen LogP contribution in [0.3, 0.4) is 0 Å². The number of alkyl halides is 3. The van der Waals surface area contributed by atoms with E-state index in [-0.39, 0.29) is 22.9 Å². The van der Waals surface area contributed by atoms with Gasteiger partial charge in [0, 0.05) is 12.1 Å². The largest absolute Gasteiger partial charge is 0.495 e. The Hall–Kier alpha value is -3.30. The fraction of sp³-hybridized carbons (Fsp3) is 0.188. The molecule has 0 saturated heterocycles. The summed E-state index contributed by atoms with van der Waals surface area (Å²) in [5.74, 6) is -0.676. The third-order valence-corrected chi connectivity index (χ3v) is 3.20. The molecule has 0 fully saturated rings. The average Bonchev–Trinajstić information content (AvgIpc) is 2.59.